The first-order valence-electron chi connectivity index (χ1n) is 25.3. The number of benzene rings is 6. The van der Waals surface area contributed by atoms with Crippen LogP contribution >= 0.6 is 0 Å². The van der Waals surface area contributed by atoms with Gasteiger partial charge in [0, 0.05) is 62.0 Å². The van der Waals surface area contributed by atoms with E-state index in [1.165, 1.54) is 0 Å². The Bertz CT molecular complexity index is 2890. The molecule has 6 aromatic rings. The number of nitriles is 6. The molecule has 18 nitrogen and oxygen atoms in total. The molecule has 0 fully saturated rings. The van der Waals surface area contributed by atoms with Crippen molar-refractivity contribution in [3.05, 3.63) is 143 Å². The highest BCUT2D eigenvalue weighted by atomic mass is 14.9. The van der Waals surface area contributed by atoms with E-state index in [2.05, 4.69) is 68.3 Å². The summed E-state index contributed by atoms with van der Waals surface area (Å²) in [7, 11) is 0. The van der Waals surface area contributed by atoms with Crippen LogP contribution in [0.25, 0.3) is 0 Å². The summed E-state index contributed by atoms with van der Waals surface area (Å²) in [5, 5.41) is 68.8. The lowest BCUT2D eigenvalue weighted by Gasteiger charge is -2.10. The molecular formula is C60H78N18. The standard InChI is InChI=1S/6C10H13N3/c1-8-3-4-9(7-10(8)12)13-6-2-5-11;1-8-3-4-9(12)7-10(8)13-6-2-5-11;1-8-3-4-10(9(12)7-8)13-6-2-5-11;1-8-3-4-9(12)10(7-8)13-6-2-5-11;1-8-4-2-5-9(10(8)12)13-7-3-6-11;1-8-4-2-5-9(12)10(8)13-7-3-6-11/h4*3-4,7,13H,2,6,12H2,1H3;2*2,4-5,13H,3,7,12H2,1H3. The summed E-state index contributed by atoms with van der Waals surface area (Å²) in [5.74, 6) is 0. The van der Waals surface area contributed by atoms with E-state index >= 15 is 0 Å². The fraction of sp³-hybridized carbons (Fsp3) is 0.300. The van der Waals surface area contributed by atoms with E-state index in [0.717, 1.165) is 102 Å². The molecule has 18 heteroatoms. The number of nitrogens with zero attached hydrogens (tertiary/aromatic N) is 6. The molecule has 0 aliphatic heterocycles. The highest BCUT2D eigenvalue weighted by Crippen LogP contribution is 2.24. The number of anilines is 12. The number of nitrogen functional groups attached to an aromatic ring is 6. The van der Waals surface area contributed by atoms with E-state index in [1.807, 2.05) is 151 Å². The number of nitrogens with one attached hydrogen (secondary N) is 6. The summed E-state index contributed by atoms with van der Waals surface area (Å²) < 4.78 is 0. The minimum atomic E-state index is 0.493. The molecule has 6 rings (SSSR count). The van der Waals surface area contributed by atoms with E-state index in [0.29, 0.717) is 77.8 Å². The normalized spacial score (nSPS) is 9.23. The number of hydrogen-bond acceptors (Lipinski definition) is 18. The van der Waals surface area contributed by atoms with Crippen molar-refractivity contribution in [2.45, 2.75) is 80.1 Å². The summed E-state index contributed by atoms with van der Waals surface area (Å²) in [6, 6.07) is 47.2. The molecule has 0 unspecified atom stereocenters. The van der Waals surface area contributed by atoms with Gasteiger partial charge in [0.2, 0.25) is 0 Å². The summed E-state index contributed by atoms with van der Waals surface area (Å²) in [6.45, 7) is 15.8. The van der Waals surface area contributed by atoms with Gasteiger partial charge in [0.15, 0.2) is 0 Å². The second kappa shape index (κ2) is 39.3. The van der Waals surface area contributed by atoms with Crippen molar-refractivity contribution in [1.82, 2.24) is 0 Å². The predicted molar refractivity (Wildman–Crippen MR) is 326 cm³/mol. The first kappa shape index (κ1) is 65.9. The number of hydrogen-bond donors (Lipinski definition) is 12. The van der Waals surface area contributed by atoms with Crippen LogP contribution in [0.3, 0.4) is 0 Å². The highest BCUT2D eigenvalue weighted by molar-refractivity contribution is 5.71. The van der Waals surface area contributed by atoms with Crippen molar-refractivity contribution in [3.63, 3.8) is 0 Å². The second-order valence-electron chi connectivity index (χ2n) is 17.4. The fourth-order valence-electron chi connectivity index (χ4n) is 6.53. The first-order chi connectivity index (χ1) is 37.5. The van der Waals surface area contributed by atoms with Crippen LogP contribution < -0.4 is 66.3 Å². The zero-order valence-corrected chi connectivity index (χ0v) is 46.0. The number of nitrogens with two attached hydrogens (primary N) is 6. The van der Waals surface area contributed by atoms with Crippen LogP contribution in [0.15, 0.2) is 109 Å². The van der Waals surface area contributed by atoms with E-state index in [4.69, 9.17) is 66.0 Å². The zero-order chi connectivity index (χ0) is 58.1. The van der Waals surface area contributed by atoms with Crippen LogP contribution in [0.4, 0.5) is 68.2 Å². The Hall–Kier alpha value is -10.1. The lowest BCUT2D eigenvalue weighted by Crippen LogP contribution is -2.04. The van der Waals surface area contributed by atoms with Crippen molar-refractivity contribution in [1.29, 1.82) is 31.6 Å². The minimum absolute atomic E-state index is 0.493. The van der Waals surface area contributed by atoms with Gasteiger partial charge in [-0.2, -0.15) is 31.6 Å². The second-order valence-corrected chi connectivity index (χ2v) is 17.4. The Morgan fingerprint density at radius 3 is 1.36 bits per heavy atom. The molecule has 0 spiro atoms. The van der Waals surface area contributed by atoms with Crippen LogP contribution in [-0.2, 0) is 0 Å². The first-order valence-corrected chi connectivity index (χ1v) is 25.3. The maximum Gasteiger partial charge on any atom is 0.0640 e. The van der Waals surface area contributed by atoms with Crippen LogP contribution in [0.5, 0.6) is 0 Å². The molecule has 0 aliphatic rings. The van der Waals surface area contributed by atoms with Crippen LogP contribution in [0, 0.1) is 110 Å². The smallest absolute Gasteiger partial charge is 0.0640 e. The summed E-state index contributed by atoms with van der Waals surface area (Å²) in [4.78, 5) is 0. The van der Waals surface area contributed by atoms with Gasteiger partial charge in [0.1, 0.15) is 0 Å². The highest BCUT2D eigenvalue weighted by Gasteiger charge is 2.03. The molecule has 6 aromatic carbocycles. The number of aryl methyl sites for hydroxylation is 6. The minimum Gasteiger partial charge on any atom is -0.399 e. The van der Waals surface area contributed by atoms with Gasteiger partial charge in [-0.05, 0) is 136 Å². The third kappa shape index (κ3) is 27.8. The van der Waals surface area contributed by atoms with Crippen LogP contribution in [0.2, 0.25) is 0 Å². The Labute approximate surface area is 462 Å². The van der Waals surface area contributed by atoms with Crippen molar-refractivity contribution >= 4 is 68.2 Å². The molecule has 0 atom stereocenters. The molecule has 0 aromatic heterocycles. The van der Waals surface area contributed by atoms with Gasteiger partial charge in [0.05, 0.1) is 120 Å². The lowest BCUT2D eigenvalue weighted by molar-refractivity contribution is 1.07. The molecule has 0 amide bonds. The maximum absolute atomic E-state index is 8.36. The van der Waals surface area contributed by atoms with Gasteiger partial charge in [-0.3, -0.25) is 0 Å². The quantitative estimate of drug-likeness (QED) is 0.0281. The summed E-state index contributed by atoms with van der Waals surface area (Å²) in [6.07, 6.45) is 2.99. The average molecular weight is 1050 g/mol. The van der Waals surface area contributed by atoms with Gasteiger partial charge in [-0.15, -0.1) is 0 Å². The van der Waals surface area contributed by atoms with Crippen LogP contribution in [0.1, 0.15) is 71.9 Å². The average Bonchev–Trinajstić information content (AvgIpc) is 3.41. The predicted octanol–water partition coefficient (Wildman–Crippen LogP) is 11.4. The van der Waals surface area contributed by atoms with Gasteiger partial charge in [0.25, 0.3) is 0 Å². The molecule has 0 aliphatic carbocycles. The van der Waals surface area contributed by atoms with Crippen molar-refractivity contribution in [2.24, 2.45) is 0 Å². The number of para-hydroxylation sites is 2. The van der Waals surface area contributed by atoms with Crippen molar-refractivity contribution in [3.8, 4) is 36.4 Å². The molecule has 0 radical (unpaired) electrons. The Balaban J connectivity index is 0.000000468. The molecule has 0 saturated carbocycles. The van der Waals surface area contributed by atoms with E-state index < -0.39 is 0 Å². The molecule has 78 heavy (non-hydrogen) atoms. The molecule has 18 N–H and O–H groups in total. The third-order valence-electron chi connectivity index (χ3n) is 10.9. The largest absolute Gasteiger partial charge is 0.399 e. The molecule has 408 valence electrons. The fourth-order valence-corrected chi connectivity index (χ4v) is 6.53. The Morgan fingerprint density at radius 2 is 0.808 bits per heavy atom. The van der Waals surface area contributed by atoms with E-state index in [9.17, 15) is 0 Å². The molecular weight excluding hydrogens is 973 g/mol. The van der Waals surface area contributed by atoms with Gasteiger partial charge in [-0.25, -0.2) is 0 Å². The summed E-state index contributed by atoms with van der Waals surface area (Å²) >= 11 is 0. The third-order valence-corrected chi connectivity index (χ3v) is 10.9. The van der Waals surface area contributed by atoms with Gasteiger partial charge in [-0.1, -0.05) is 48.5 Å². The van der Waals surface area contributed by atoms with Gasteiger partial charge >= 0.3 is 0 Å². The topological polar surface area (TPSA) is 371 Å². The molecule has 0 bridgehead atoms. The lowest BCUT2D eigenvalue weighted by atomic mass is 10.1. The van der Waals surface area contributed by atoms with E-state index in [1.54, 1.807) is 0 Å². The maximum atomic E-state index is 8.36. The SMILES string of the molecule is Cc1ccc(N)c(NCCC#N)c1.Cc1ccc(N)cc1NCCC#N.Cc1ccc(NCCC#N)c(N)c1.Cc1ccc(NCCC#N)cc1N.Cc1cccc(N)c1NCCC#N.Cc1cccc(NCCC#N)c1N. The van der Waals surface area contributed by atoms with Gasteiger partial charge < -0.3 is 66.3 Å². The number of rotatable bonds is 18. The monoisotopic (exact) mass is 1050 g/mol. The zero-order valence-electron chi connectivity index (χ0n) is 46.0. The van der Waals surface area contributed by atoms with Crippen molar-refractivity contribution in [2.75, 3.05) is 106 Å². The Kier molecular flexibility index (Phi) is 33.2. The van der Waals surface area contributed by atoms with Crippen LogP contribution in [-0.4, -0.2) is 39.3 Å². The van der Waals surface area contributed by atoms with E-state index in [-0.39, 0.29) is 0 Å². The molecule has 0 heterocycles. The Morgan fingerprint density at radius 1 is 0.333 bits per heavy atom. The molecule has 0 saturated heterocycles. The van der Waals surface area contributed by atoms with Crippen molar-refractivity contribution < 1.29 is 0 Å². The summed E-state index contributed by atoms with van der Waals surface area (Å²) in [5.41, 5.74) is 51.2.